The Morgan fingerprint density at radius 3 is 2.79 bits per heavy atom. The van der Waals surface area contributed by atoms with E-state index in [-0.39, 0.29) is 36.0 Å². The highest BCUT2D eigenvalue weighted by atomic mass is 32.2. The van der Waals surface area contributed by atoms with Gasteiger partial charge in [-0.25, -0.2) is 18.2 Å². The summed E-state index contributed by atoms with van der Waals surface area (Å²) in [5, 5.41) is 8.31. The maximum Gasteiger partial charge on any atom is 0.341 e. The fourth-order valence-electron chi connectivity index (χ4n) is 4.33. The molecule has 0 spiro atoms. The van der Waals surface area contributed by atoms with Gasteiger partial charge in [0.15, 0.2) is 15.5 Å². The molecule has 174 valence electrons. The quantitative estimate of drug-likeness (QED) is 0.548. The summed E-state index contributed by atoms with van der Waals surface area (Å²) in [5.74, 6) is -0.762. The Morgan fingerprint density at radius 2 is 2.09 bits per heavy atom. The molecular weight excluding hydrogens is 464 g/mol. The first-order chi connectivity index (χ1) is 15.7. The number of nitrogens with zero attached hydrogens (tertiary/aromatic N) is 3. The summed E-state index contributed by atoms with van der Waals surface area (Å²) in [6.45, 7) is 3.72. The van der Waals surface area contributed by atoms with Crippen molar-refractivity contribution in [1.82, 2.24) is 14.8 Å². The molecule has 1 aliphatic heterocycles. The van der Waals surface area contributed by atoms with Crippen molar-refractivity contribution in [3.8, 4) is 0 Å². The Hall–Kier alpha value is -2.79. The molecule has 2 aliphatic rings. The lowest BCUT2D eigenvalue weighted by Crippen LogP contribution is -2.20. The monoisotopic (exact) mass is 488 g/mol. The van der Waals surface area contributed by atoms with Gasteiger partial charge in [-0.1, -0.05) is 0 Å². The van der Waals surface area contributed by atoms with E-state index >= 15 is 0 Å². The number of carbonyl (C=O) groups is 2. The molecule has 3 aromatic heterocycles. The van der Waals surface area contributed by atoms with Crippen molar-refractivity contribution in [2.75, 3.05) is 17.7 Å². The second-order valence-corrected chi connectivity index (χ2v) is 11.8. The molecular formula is C22H24N4O5S2. The molecule has 0 unspecified atom stereocenters. The Bertz CT molecular complexity index is 1420. The van der Waals surface area contributed by atoms with E-state index in [4.69, 9.17) is 9.72 Å². The highest BCUT2D eigenvalue weighted by molar-refractivity contribution is 7.90. The zero-order valence-electron chi connectivity index (χ0n) is 18.6. The summed E-state index contributed by atoms with van der Waals surface area (Å²) < 4.78 is 31.2. The fraction of sp³-hybridized carbons (Fsp3) is 0.455. The molecule has 0 aromatic carbocycles. The van der Waals surface area contributed by atoms with Crippen LogP contribution >= 0.6 is 11.3 Å². The molecule has 11 heteroatoms. The average molecular weight is 489 g/mol. The van der Waals surface area contributed by atoms with Crippen LogP contribution in [0.15, 0.2) is 6.07 Å². The minimum Gasteiger partial charge on any atom is -0.462 e. The van der Waals surface area contributed by atoms with Gasteiger partial charge in [0.05, 0.1) is 40.3 Å². The lowest BCUT2D eigenvalue weighted by Gasteiger charge is -2.13. The van der Waals surface area contributed by atoms with Crippen molar-refractivity contribution < 1.29 is 22.7 Å². The summed E-state index contributed by atoms with van der Waals surface area (Å²) in [6, 6.07) is 1.81. The lowest BCUT2D eigenvalue weighted by molar-refractivity contribution is 0.0527. The molecule has 0 atom stereocenters. The van der Waals surface area contributed by atoms with Gasteiger partial charge in [-0.05, 0) is 44.7 Å². The fourth-order valence-corrected chi connectivity index (χ4v) is 7.37. The maximum absolute atomic E-state index is 13.5. The zero-order chi connectivity index (χ0) is 23.5. The molecule has 4 heterocycles. The minimum atomic E-state index is -3.23. The van der Waals surface area contributed by atoms with E-state index < -0.39 is 15.8 Å². The first-order valence-corrected chi connectivity index (χ1v) is 13.5. The van der Waals surface area contributed by atoms with Gasteiger partial charge in [-0.2, -0.15) is 5.10 Å². The molecule has 1 N–H and O–H groups in total. The number of thiophene rings is 1. The number of hydrogen-bond donors (Lipinski definition) is 1. The summed E-state index contributed by atoms with van der Waals surface area (Å²) in [7, 11) is -1.43. The molecule has 0 saturated heterocycles. The van der Waals surface area contributed by atoms with Gasteiger partial charge in [0.2, 0.25) is 0 Å². The van der Waals surface area contributed by atoms with E-state index in [9.17, 15) is 18.0 Å². The van der Waals surface area contributed by atoms with Gasteiger partial charge in [0.25, 0.3) is 5.91 Å². The van der Waals surface area contributed by atoms with Crippen LogP contribution in [-0.2, 0) is 33.8 Å². The van der Waals surface area contributed by atoms with Gasteiger partial charge in [0.1, 0.15) is 5.00 Å². The Morgan fingerprint density at radius 1 is 1.33 bits per heavy atom. The van der Waals surface area contributed by atoms with Crippen molar-refractivity contribution in [2.45, 2.75) is 44.8 Å². The number of esters is 1. The topological polar surface area (TPSA) is 120 Å². The van der Waals surface area contributed by atoms with Gasteiger partial charge in [0, 0.05) is 23.5 Å². The number of rotatable bonds is 5. The minimum absolute atomic E-state index is 0.0267. The van der Waals surface area contributed by atoms with Crippen LogP contribution in [-0.4, -0.2) is 47.4 Å². The van der Waals surface area contributed by atoms with Crippen LogP contribution in [0.1, 0.15) is 68.2 Å². The first kappa shape index (κ1) is 22.0. The number of sulfone groups is 1. The van der Waals surface area contributed by atoms with Gasteiger partial charge in [-0.3, -0.25) is 9.48 Å². The average Bonchev–Trinajstić information content (AvgIpc) is 3.48. The van der Waals surface area contributed by atoms with Crippen LogP contribution in [0.5, 0.6) is 0 Å². The van der Waals surface area contributed by atoms with Gasteiger partial charge >= 0.3 is 5.97 Å². The number of pyridine rings is 1. The van der Waals surface area contributed by atoms with Crippen molar-refractivity contribution >= 4 is 49.1 Å². The summed E-state index contributed by atoms with van der Waals surface area (Å²) in [5.41, 5.74) is 3.55. The molecule has 1 amide bonds. The normalized spacial score (nSPS) is 17.1. The molecule has 0 radical (unpaired) electrons. The second kappa shape index (κ2) is 7.91. The molecule has 9 nitrogen and oxygen atoms in total. The van der Waals surface area contributed by atoms with Crippen molar-refractivity contribution in [3.05, 3.63) is 39.0 Å². The van der Waals surface area contributed by atoms with Crippen molar-refractivity contribution in [3.63, 3.8) is 0 Å². The van der Waals surface area contributed by atoms with E-state index in [1.807, 2.05) is 13.0 Å². The Balaban J connectivity index is 1.59. The second-order valence-electron chi connectivity index (χ2n) is 8.50. The van der Waals surface area contributed by atoms with E-state index in [0.717, 1.165) is 29.9 Å². The number of carbonyl (C=O) groups excluding carboxylic acids is 2. The van der Waals surface area contributed by atoms with E-state index in [0.29, 0.717) is 43.7 Å². The Labute approximate surface area is 195 Å². The largest absolute Gasteiger partial charge is 0.462 e. The standard InChI is InChI=1S/C22H24N4O5S2/c1-4-31-22(28)18-13-7-8-33(29,30)10-16(13)32-21(18)24-20(27)14-9-15(12-5-6-12)23-19-17(14)11(2)25-26(19)3/h9,12H,4-8,10H2,1-3H3,(H,24,27). The van der Waals surface area contributed by atoms with Crippen molar-refractivity contribution in [1.29, 1.82) is 0 Å². The number of ether oxygens (including phenoxy) is 1. The number of aromatic nitrogens is 3. The van der Waals surface area contributed by atoms with Gasteiger partial charge < -0.3 is 10.1 Å². The molecule has 5 rings (SSSR count). The first-order valence-electron chi connectivity index (χ1n) is 10.9. The zero-order valence-corrected chi connectivity index (χ0v) is 20.2. The molecule has 0 bridgehead atoms. The molecule has 3 aromatic rings. The van der Waals surface area contributed by atoms with Crippen molar-refractivity contribution in [2.24, 2.45) is 7.05 Å². The van der Waals surface area contributed by atoms with Gasteiger partial charge in [-0.15, -0.1) is 11.3 Å². The molecule has 1 fully saturated rings. The Kier molecular flexibility index (Phi) is 5.28. The third kappa shape index (κ3) is 3.93. The number of nitrogens with one attached hydrogen (secondary N) is 1. The molecule has 33 heavy (non-hydrogen) atoms. The van der Waals surface area contributed by atoms with E-state index in [1.54, 1.807) is 18.7 Å². The van der Waals surface area contributed by atoms with Crippen LogP contribution in [0.3, 0.4) is 0 Å². The maximum atomic E-state index is 13.5. The third-order valence-electron chi connectivity index (χ3n) is 6.04. The number of anilines is 1. The van der Waals surface area contributed by atoms with Crippen LogP contribution in [0.25, 0.3) is 11.0 Å². The molecule has 1 saturated carbocycles. The van der Waals surface area contributed by atoms with Crippen LogP contribution < -0.4 is 5.32 Å². The SMILES string of the molecule is CCOC(=O)c1c(NC(=O)c2cc(C3CC3)nc3c2c(C)nn3C)sc2c1CCS(=O)(=O)C2. The number of aryl methyl sites for hydroxylation is 2. The number of hydrogen-bond acceptors (Lipinski definition) is 8. The predicted octanol–water partition coefficient (Wildman–Crippen LogP) is 3.12. The third-order valence-corrected chi connectivity index (χ3v) is 8.92. The highest BCUT2D eigenvalue weighted by Crippen LogP contribution is 2.41. The van der Waals surface area contributed by atoms with Crippen LogP contribution in [0.4, 0.5) is 5.00 Å². The smallest absolute Gasteiger partial charge is 0.341 e. The number of amides is 1. The number of fused-ring (bicyclic) bond motifs is 2. The summed E-state index contributed by atoms with van der Waals surface area (Å²) >= 11 is 1.13. The van der Waals surface area contributed by atoms with Crippen LogP contribution in [0, 0.1) is 6.92 Å². The summed E-state index contributed by atoms with van der Waals surface area (Å²) in [6.07, 6.45) is 2.30. The summed E-state index contributed by atoms with van der Waals surface area (Å²) in [4.78, 5) is 31.6. The van der Waals surface area contributed by atoms with Crippen LogP contribution in [0.2, 0.25) is 0 Å². The predicted molar refractivity (Wildman–Crippen MR) is 125 cm³/mol. The highest BCUT2D eigenvalue weighted by Gasteiger charge is 2.33. The van der Waals surface area contributed by atoms with E-state index in [2.05, 4.69) is 10.4 Å². The lowest BCUT2D eigenvalue weighted by atomic mass is 10.1. The molecule has 1 aliphatic carbocycles. The van der Waals surface area contributed by atoms with E-state index in [1.165, 1.54) is 0 Å².